The van der Waals surface area contributed by atoms with Crippen LogP contribution in [0.25, 0.3) is 0 Å². The highest BCUT2D eigenvalue weighted by atomic mass is 35.5. The van der Waals surface area contributed by atoms with Gasteiger partial charge in [-0.3, -0.25) is 14.4 Å². The van der Waals surface area contributed by atoms with Crippen LogP contribution in [0, 0.1) is 23.7 Å². The number of fused-ring (bicyclic) bond motifs is 12. The van der Waals surface area contributed by atoms with E-state index in [9.17, 15) is 9.59 Å². The number of allylic oxidation sites excluding steroid dienone is 2. The van der Waals surface area contributed by atoms with Crippen LogP contribution in [0.2, 0.25) is 0 Å². The Morgan fingerprint density at radius 3 is 2.00 bits per heavy atom. The topological polar surface area (TPSA) is 55.8 Å². The summed E-state index contributed by atoms with van der Waals surface area (Å²) in [5.74, 6) is -2.41. The maximum Gasteiger partial charge on any atom is 0.260 e. The van der Waals surface area contributed by atoms with Crippen LogP contribution in [0.15, 0.2) is 10.1 Å². The summed E-state index contributed by atoms with van der Waals surface area (Å²) in [6.07, 6.45) is -0.171. The Morgan fingerprint density at radius 2 is 1.58 bits per heavy atom. The van der Waals surface area contributed by atoms with Crippen LogP contribution in [-0.4, -0.2) is 44.9 Å². The number of halogens is 4. The number of hydrogen-bond donors (Lipinski definition) is 0. The first-order chi connectivity index (χ1) is 12.2. The molecule has 5 rings (SSSR count). The van der Waals surface area contributed by atoms with Gasteiger partial charge in [0.2, 0.25) is 0 Å². The molecule has 0 aromatic rings. The van der Waals surface area contributed by atoms with E-state index in [1.54, 1.807) is 0 Å². The number of ether oxygens (including phenoxy) is 1. The molecule has 3 saturated heterocycles. The Kier molecular flexibility index (Phi) is 3.68. The molecule has 2 amide bonds. The van der Waals surface area contributed by atoms with Crippen molar-refractivity contribution in [1.29, 1.82) is 0 Å². The minimum atomic E-state index is -0.941. The molecule has 0 N–H and O–H groups in total. The molecule has 0 spiro atoms. The molecule has 3 aliphatic heterocycles. The van der Waals surface area contributed by atoms with Crippen LogP contribution in [0.1, 0.15) is 26.7 Å². The number of nitrogens with zero attached hydrogens (tertiary/aromatic N) is 1. The second kappa shape index (κ2) is 5.31. The summed E-state index contributed by atoms with van der Waals surface area (Å²) < 4.78 is 6.10. The summed E-state index contributed by atoms with van der Waals surface area (Å²) >= 11 is 26.5. The monoisotopic (exact) mass is 439 g/mol. The molecule has 5 nitrogen and oxygen atoms in total. The van der Waals surface area contributed by atoms with Crippen molar-refractivity contribution in [2.24, 2.45) is 23.7 Å². The van der Waals surface area contributed by atoms with Crippen molar-refractivity contribution in [1.82, 2.24) is 5.06 Å². The molecule has 2 aliphatic carbocycles. The zero-order valence-corrected chi connectivity index (χ0v) is 17.1. The zero-order valence-electron chi connectivity index (χ0n) is 14.0. The normalized spacial score (nSPS) is 52.3. The number of hydroxylamine groups is 2. The van der Waals surface area contributed by atoms with E-state index >= 15 is 0 Å². The lowest BCUT2D eigenvalue weighted by Gasteiger charge is -2.40. The predicted octanol–water partition coefficient (Wildman–Crippen LogP) is 3.39. The fraction of sp³-hybridized carbons (Fsp3) is 0.765. The summed E-state index contributed by atoms with van der Waals surface area (Å²) in [6, 6.07) is 0. The van der Waals surface area contributed by atoms with Gasteiger partial charge >= 0.3 is 0 Å². The third-order valence-corrected chi connectivity index (χ3v) is 9.32. The molecule has 9 atom stereocenters. The first kappa shape index (κ1) is 18.0. The second-order valence-electron chi connectivity index (χ2n) is 7.99. The van der Waals surface area contributed by atoms with Gasteiger partial charge in [0.15, 0.2) is 0 Å². The lowest BCUT2D eigenvalue weighted by Crippen LogP contribution is -2.50. The first-order valence-electron chi connectivity index (χ1n) is 8.81. The van der Waals surface area contributed by atoms with Gasteiger partial charge in [0, 0.05) is 11.8 Å². The van der Waals surface area contributed by atoms with Gasteiger partial charge in [-0.05, 0) is 19.8 Å². The minimum Gasteiger partial charge on any atom is -0.373 e. The van der Waals surface area contributed by atoms with Crippen LogP contribution >= 0.6 is 46.4 Å². The second-order valence-corrected chi connectivity index (χ2v) is 10.1. The summed E-state index contributed by atoms with van der Waals surface area (Å²) in [4.78, 5) is 29.5. The number of rotatable bonds is 3. The number of carbonyl (C=O) groups excluding carboxylic acids is 2. The molecule has 1 saturated carbocycles. The summed E-state index contributed by atoms with van der Waals surface area (Å²) in [5, 5.41) is 1.61. The van der Waals surface area contributed by atoms with Gasteiger partial charge in [0.25, 0.3) is 11.8 Å². The molecule has 0 radical (unpaired) electrons. The first-order valence-corrected chi connectivity index (χ1v) is 10.3. The number of amides is 2. The van der Waals surface area contributed by atoms with Crippen molar-refractivity contribution < 1.29 is 19.2 Å². The van der Waals surface area contributed by atoms with Crippen LogP contribution < -0.4 is 0 Å². The van der Waals surface area contributed by atoms with E-state index in [0.717, 1.165) is 5.06 Å². The Balaban J connectivity index is 1.54. The van der Waals surface area contributed by atoms with Crippen molar-refractivity contribution in [3.8, 4) is 0 Å². The summed E-state index contributed by atoms with van der Waals surface area (Å²) in [5.41, 5.74) is 0. The minimum absolute atomic E-state index is 0.236. The number of carbonyl (C=O) groups is 2. The number of imide groups is 1. The van der Waals surface area contributed by atoms with Gasteiger partial charge in [-0.1, -0.05) is 30.1 Å². The molecule has 9 heteroatoms. The highest BCUT2D eigenvalue weighted by molar-refractivity contribution is 6.51. The smallest absolute Gasteiger partial charge is 0.260 e. The van der Waals surface area contributed by atoms with E-state index in [1.807, 2.05) is 13.8 Å². The molecule has 0 unspecified atom stereocenters. The Labute approximate surface area is 170 Å². The number of alkyl halides is 2. The van der Waals surface area contributed by atoms with E-state index in [4.69, 9.17) is 56.0 Å². The summed E-state index contributed by atoms with van der Waals surface area (Å²) in [6.45, 7) is 3.75. The lowest BCUT2D eigenvalue weighted by atomic mass is 9.65. The fourth-order valence-corrected chi connectivity index (χ4v) is 7.64. The maximum atomic E-state index is 12.9. The van der Waals surface area contributed by atoms with E-state index in [0.29, 0.717) is 22.9 Å². The van der Waals surface area contributed by atoms with Crippen LogP contribution in [0.3, 0.4) is 0 Å². The molecular formula is C17H17Cl4NO4. The van der Waals surface area contributed by atoms with E-state index < -0.39 is 33.8 Å². The Hall–Kier alpha value is -0.0400. The molecule has 0 aromatic carbocycles. The van der Waals surface area contributed by atoms with Crippen LogP contribution in [-0.2, 0) is 19.2 Å². The molecule has 4 bridgehead atoms. The highest BCUT2D eigenvalue weighted by Gasteiger charge is 2.82. The molecule has 3 heterocycles. The van der Waals surface area contributed by atoms with Gasteiger partial charge in [0.05, 0.1) is 50.0 Å². The largest absolute Gasteiger partial charge is 0.373 e. The van der Waals surface area contributed by atoms with E-state index in [2.05, 4.69) is 0 Å². The molecule has 4 fully saturated rings. The number of hydrogen-bond acceptors (Lipinski definition) is 4. The van der Waals surface area contributed by atoms with Crippen LogP contribution in [0.4, 0.5) is 0 Å². The van der Waals surface area contributed by atoms with E-state index in [1.165, 1.54) is 0 Å². The lowest BCUT2D eigenvalue weighted by molar-refractivity contribution is -0.205. The Bertz CT molecular complexity index is 720. The van der Waals surface area contributed by atoms with Crippen molar-refractivity contribution in [3.05, 3.63) is 10.1 Å². The quantitative estimate of drug-likeness (QED) is 0.498. The standard InChI is InChI=1S/C17H17Cl4NO4/c1-3-5(2)26-22-14(23)6-7(15(22)24)11-9-8(10(6)25-11)16(20)4-17(9,21)13(19)12(16)18/h5-11H,3-4H2,1-2H3/t5-,6+,7+,8-,9-,10+,11+,16+,17+/m0/s1. The maximum absolute atomic E-state index is 12.9. The Morgan fingerprint density at radius 1 is 1.12 bits per heavy atom. The van der Waals surface area contributed by atoms with Crippen molar-refractivity contribution in [2.45, 2.75) is 54.7 Å². The highest BCUT2D eigenvalue weighted by Crippen LogP contribution is 2.75. The van der Waals surface area contributed by atoms with Crippen LogP contribution in [0.5, 0.6) is 0 Å². The van der Waals surface area contributed by atoms with Crippen molar-refractivity contribution in [2.75, 3.05) is 0 Å². The third kappa shape index (κ3) is 1.79. The molecular weight excluding hydrogens is 424 g/mol. The molecule has 5 aliphatic rings. The third-order valence-electron chi connectivity index (χ3n) is 6.83. The SMILES string of the molecule is CC[C@H](C)ON1C(=O)[C@H]2[C@H]3O[C@H]([C@@H]2C1=O)[C@@H]1[C@@H]3[C@]2(Cl)C[C@]1(Cl)C(Cl)=C2Cl. The molecule has 0 aromatic heterocycles. The average molecular weight is 441 g/mol. The van der Waals surface area contributed by atoms with Crippen molar-refractivity contribution in [3.63, 3.8) is 0 Å². The molecule has 142 valence electrons. The molecule has 26 heavy (non-hydrogen) atoms. The summed E-state index contributed by atoms with van der Waals surface area (Å²) in [7, 11) is 0. The fourth-order valence-electron chi connectivity index (χ4n) is 5.62. The van der Waals surface area contributed by atoms with Crippen molar-refractivity contribution >= 4 is 58.2 Å². The van der Waals surface area contributed by atoms with Gasteiger partial charge in [-0.25, -0.2) is 0 Å². The van der Waals surface area contributed by atoms with E-state index in [-0.39, 0.29) is 29.8 Å². The van der Waals surface area contributed by atoms with Gasteiger partial charge < -0.3 is 4.74 Å². The average Bonchev–Trinajstić information content (AvgIpc) is 3.32. The predicted molar refractivity (Wildman–Crippen MR) is 95.8 cm³/mol. The van der Waals surface area contributed by atoms with Gasteiger partial charge in [-0.2, -0.15) is 5.06 Å². The zero-order chi connectivity index (χ0) is 18.8. The van der Waals surface area contributed by atoms with Gasteiger partial charge in [0.1, 0.15) is 0 Å². The van der Waals surface area contributed by atoms with Gasteiger partial charge in [-0.15, -0.1) is 23.2 Å².